The molecule has 144 valence electrons. The van der Waals surface area contributed by atoms with Crippen LogP contribution in [0.25, 0.3) is 0 Å². The van der Waals surface area contributed by atoms with Crippen LogP contribution in [-0.4, -0.2) is 38.5 Å². The monoisotopic (exact) mass is 388 g/mol. The number of benzene rings is 2. The second-order valence-corrected chi connectivity index (χ2v) is 9.20. The normalized spacial score (nSPS) is 24.6. The highest BCUT2D eigenvalue weighted by molar-refractivity contribution is 7.92. The van der Waals surface area contributed by atoms with E-state index >= 15 is 0 Å². The molecular weight excluding hydrogens is 364 g/mol. The van der Waals surface area contributed by atoms with Crippen LogP contribution in [0, 0.1) is 12.3 Å². The maximum atomic E-state index is 13.3. The van der Waals surface area contributed by atoms with E-state index in [1.54, 1.807) is 24.3 Å². The van der Waals surface area contributed by atoms with Crippen LogP contribution < -0.4 is 0 Å². The van der Waals surface area contributed by atoms with Gasteiger partial charge in [0.25, 0.3) is 0 Å². The van der Waals surface area contributed by atoms with Gasteiger partial charge in [-0.15, -0.1) is 0 Å². The molecule has 1 aliphatic carbocycles. The third-order valence-corrected chi connectivity index (χ3v) is 7.76. The number of methoxy groups -OCH3 is 1. The smallest absolute Gasteiger partial charge is 0.314 e. The minimum absolute atomic E-state index is 0.146. The van der Waals surface area contributed by atoms with Crippen LogP contribution in [0.3, 0.4) is 0 Å². The summed E-state index contributed by atoms with van der Waals surface area (Å²) in [4.78, 5) is 12.3. The molecule has 0 aliphatic heterocycles. The second kappa shape index (κ2) is 7.09. The molecule has 0 aromatic heterocycles. The number of hydrogen-bond donors (Lipinski definition) is 1. The first-order valence-corrected chi connectivity index (χ1v) is 10.5. The molecule has 0 bridgehead atoms. The Morgan fingerprint density at radius 3 is 2.19 bits per heavy atom. The minimum Gasteiger partial charge on any atom is -0.481 e. The zero-order chi connectivity index (χ0) is 19.8. The topological polar surface area (TPSA) is 80.7 Å². The molecule has 1 fully saturated rings. The molecule has 2 aromatic rings. The Hall–Kier alpha value is -2.18. The number of carbonyl (C=O) groups is 1. The highest BCUT2D eigenvalue weighted by Crippen LogP contribution is 2.64. The van der Waals surface area contributed by atoms with Crippen LogP contribution in [0.15, 0.2) is 53.4 Å². The van der Waals surface area contributed by atoms with E-state index in [0.717, 1.165) is 17.5 Å². The summed E-state index contributed by atoms with van der Waals surface area (Å²) in [5.41, 5.74) is 1.29. The Bertz CT molecular complexity index is 932. The fraction of sp³-hybridized carbons (Fsp3) is 0.381. The summed E-state index contributed by atoms with van der Waals surface area (Å²) in [5.74, 6) is -1.79. The molecule has 0 radical (unpaired) electrons. The van der Waals surface area contributed by atoms with E-state index in [1.807, 2.05) is 38.1 Å². The van der Waals surface area contributed by atoms with Crippen molar-refractivity contribution in [2.45, 2.75) is 36.3 Å². The number of rotatable bonds is 7. The maximum Gasteiger partial charge on any atom is 0.314 e. The van der Waals surface area contributed by atoms with Gasteiger partial charge >= 0.3 is 5.97 Å². The molecule has 0 spiro atoms. The van der Waals surface area contributed by atoms with Crippen molar-refractivity contribution in [3.63, 3.8) is 0 Å². The highest BCUT2D eigenvalue weighted by Gasteiger charge is 2.76. The fourth-order valence-corrected chi connectivity index (χ4v) is 6.25. The molecule has 0 heterocycles. The molecule has 0 amide bonds. The summed E-state index contributed by atoms with van der Waals surface area (Å²) >= 11 is 0. The van der Waals surface area contributed by atoms with Gasteiger partial charge in [-0.3, -0.25) is 4.79 Å². The summed E-state index contributed by atoms with van der Waals surface area (Å²) < 4.78 is 31.7. The quantitative estimate of drug-likeness (QED) is 0.788. The lowest BCUT2D eigenvalue weighted by atomic mass is 9.99. The van der Waals surface area contributed by atoms with Gasteiger partial charge < -0.3 is 9.84 Å². The van der Waals surface area contributed by atoms with E-state index < -0.39 is 32.4 Å². The van der Waals surface area contributed by atoms with Gasteiger partial charge in [0.05, 0.1) is 16.8 Å². The number of aliphatic carboxylic acids is 1. The molecule has 1 N–H and O–H groups in total. The maximum absolute atomic E-state index is 13.3. The van der Waals surface area contributed by atoms with E-state index in [-0.39, 0.29) is 11.5 Å². The largest absolute Gasteiger partial charge is 0.481 e. The lowest BCUT2D eigenvalue weighted by molar-refractivity contribution is -0.145. The number of sulfone groups is 1. The molecule has 3 atom stereocenters. The lowest BCUT2D eigenvalue weighted by Crippen LogP contribution is -2.28. The number of aryl methyl sites for hydroxylation is 2. The van der Waals surface area contributed by atoms with Crippen LogP contribution in [0.5, 0.6) is 0 Å². The molecule has 3 rings (SSSR count). The van der Waals surface area contributed by atoms with Crippen LogP contribution >= 0.6 is 0 Å². The van der Waals surface area contributed by atoms with Crippen molar-refractivity contribution in [2.24, 2.45) is 5.41 Å². The third kappa shape index (κ3) is 3.17. The summed E-state index contributed by atoms with van der Waals surface area (Å²) in [5, 5.41) is 8.89. The van der Waals surface area contributed by atoms with Crippen LogP contribution in [0.4, 0.5) is 0 Å². The van der Waals surface area contributed by atoms with Crippen molar-refractivity contribution in [1.29, 1.82) is 0 Å². The van der Waals surface area contributed by atoms with Crippen LogP contribution in [0.2, 0.25) is 0 Å². The van der Waals surface area contributed by atoms with Crippen LogP contribution in [-0.2, 0) is 25.8 Å². The lowest BCUT2D eigenvalue weighted by Gasteiger charge is -2.12. The summed E-state index contributed by atoms with van der Waals surface area (Å²) in [7, 11) is -2.43. The summed E-state index contributed by atoms with van der Waals surface area (Å²) in [6, 6.07) is 14.0. The van der Waals surface area contributed by atoms with Crippen molar-refractivity contribution in [3.05, 3.63) is 65.2 Å². The molecule has 1 saturated carbocycles. The zero-order valence-corrected chi connectivity index (χ0v) is 16.5. The zero-order valence-electron chi connectivity index (χ0n) is 15.7. The Balaban J connectivity index is 2.09. The highest BCUT2D eigenvalue weighted by atomic mass is 32.2. The van der Waals surface area contributed by atoms with Crippen molar-refractivity contribution in [1.82, 2.24) is 0 Å². The summed E-state index contributed by atoms with van der Waals surface area (Å²) in [6.45, 7) is 3.75. The standard InChI is InChI=1S/C21H24O5S/c1-4-15-7-9-16(10-8-15)18-19(21(18,13-26-3)20(22)23)27(24,25)17-11-5-14(2)6-12-17/h5-12,18-19H,4,13H2,1-3H3,(H,22,23)/t18-,19+,21+/m1/s1. The fourth-order valence-electron chi connectivity index (χ4n) is 3.90. The van der Waals surface area contributed by atoms with Gasteiger partial charge in [0, 0.05) is 13.0 Å². The molecule has 1 aliphatic rings. The first-order valence-electron chi connectivity index (χ1n) is 8.90. The number of carboxylic acid groups (broad SMARTS) is 1. The molecule has 27 heavy (non-hydrogen) atoms. The predicted molar refractivity (Wildman–Crippen MR) is 103 cm³/mol. The van der Waals surface area contributed by atoms with Crippen molar-refractivity contribution in [2.75, 3.05) is 13.7 Å². The van der Waals surface area contributed by atoms with Gasteiger partial charge in [-0.1, -0.05) is 48.9 Å². The summed E-state index contributed by atoms with van der Waals surface area (Å²) in [6.07, 6.45) is 0.859. The number of ether oxygens (including phenoxy) is 1. The third-order valence-electron chi connectivity index (χ3n) is 5.47. The minimum atomic E-state index is -3.83. The van der Waals surface area contributed by atoms with Gasteiger partial charge in [-0.05, 0) is 36.6 Å². The first-order chi connectivity index (χ1) is 12.8. The van der Waals surface area contributed by atoms with Gasteiger partial charge in [-0.2, -0.15) is 0 Å². The van der Waals surface area contributed by atoms with Gasteiger partial charge in [-0.25, -0.2) is 8.42 Å². The Morgan fingerprint density at radius 1 is 1.11 bits per heavy atom. The second-order valence-electron chi connectivity index (χ2n) is 7.13. The van der Waals surface area contributed by atoms with Crippen molar-refractivity contribution < 1.29 is 23.1 Å². The van der Waals surface area contributed by atoms with Gasteiger partial charge in [0.15, 0.2) is 9.84 Å². The Kier molecular flexibility index (Phi) is 5.14. The molecule has 0 unspecified atom stereocenters. The van der Waals surface area contributed by atoms with E-state index in [1.165, 1.54) is 7.11 Å². The van der Waals surface area contributed by atoms with Crippen molar-refractivity contribution >= 4 is 15.8 Å². The van der Waals surface area contributed by atoms with Crippen molar-refractivity contribution in [3.8, 4) is 0 Å². The first kappa shape index (κ1) is 19.6. The van der Waals surface area contributed by atoms with E-state index in [0.29, 0.717) is 5.56 Å². The number of carboxylic acids is 1. The SMILES string of the molecule is CCc1ccc([C@@H]2[C@H](S(=O)(=O)c3ccc(C)cc3)[C@@]2(COC)C(=O)O)cc1. The van der Waals surface area contributed by atoms with E-state index in [2.05, 4.69) is 0 Å². The predicted octanol–water partition coefficient (Wildman–Crippen LogP) is 3.21. The molecule has 2 aromatic carbocycles. The number of hydrogen-bond acceptors (Lipinski definition) is 4. The average Bonchev–Trinajstić information content (AvgIpc) is 3.33. The molecule has 5 nitrogen and oxygen atoms in total. The molecule has 6 heteroatoms. The van der Waals surface area contributed by atoms with Crippen LogP contribution in [0.1, 0.15) is 29.5 Å². The molecular formula is C21H24O5S. The Morgan fingerprint density at radius 2 is 1.70 bits per heavy atom. The Labute approximate surface area is 159 Å². The van der Waals surface area contributed by atoms with E-state index in [4.69, 9.17) is 4.74 Å². The van der Waals surface area contributed by atoms with Gasteiger partial charge in [0.1, 0.15) is 5.41 Å². The van der Waals surface area contributed by atoms with Gasteiger partial charge in [0.2, 0.25) is 0 Å². The van der Waals surface area contributed by atoms with E-state index in [9.17, 15) is 18.3 Å². The average molecular weight is 388 g/mol. The molecule has 0 saturated heterocycles.